The molecule has 0 saturated heterocycles. The summed E-state index contributed by atoms with van der Waals surface area (Å²) in [5, 5.41) is 3.50. The van der Waals surface area contributed by atoms with E-state index < -0.39 is 18.5 Å². The van der Waals surface area contributed by atoms with Crippen LogP contribution in [-0.2, 0) is 27.2 Å². The number of nitrogens with zero attached hydrogens (tertiary/aromatic N) is 2. The SMILES string of the molecule is Cc1ccc(NC(=O)CN(C)C(=O)COC(=O)c2c3c(nc4ccccc24)CCCCC3)cc1. The van der Waals surface area contributed by atoms with Gasteiger partial charge in [0, 0.05) is 23.8 Å². The summed E-state index contributed by atoms with van der Waals surface area (Å²) in [7, 11) is 1.51. The summed E-state index contributed by atoms with van der Waals surface area (Å²) < 4.78 is 5.45. The molecular weight excluding hydrogens is 430 g/mol. The van der Waals surface area contributed by atoms with Gasteiger partial charge in [-0.2, -0.15) is 0 Å². The van der Waals surface area contributed by atoms with E-state index in [1.807, 2.05) is 43.3 Å². The Morgan fingerprint density at radius 2 is 1.74 bits per heavy atom. The predicted molar refractivity (Wildman–Crippen MR) is 131 cm³/mol. The molecule has 0 spiro atoms. The van der Waals surface area contributed by atoms with E-state index in [4.69, 9.17) is 9.72 Å². The van der Waals surface area contributed by atoms with Crippen molar-refractivity contribution in [3.63, 3.8) is 0 Å². The molecule has 0 saturated carbocycles. The molecular formula is C27H29N3O4. The molecule has 7 nitrogen and oxygen atoms in total. The maximum absolute atomic E-state index is 13.2. The Kier molecular flexibility index (Phi) is 7.21. The molecule has 0 aliphatic heterocycles. The molecule has 34 heavy (non-hydrogen) atoms. The second-order valence-corrected chi connectivity index (χ2v) is 8.73. The van der Waals surface area contributed by atoms with Gasteiger partial charge < -0.3 is 15.0 Å². The number of hydrogen-bond acceptors (Lipinski definition) is 5. The fraction of sp³-hybridized carbons (Fsp3) is 0.333. The van der Waals surface area contributed by atoms with Gasteiger partial charge in [-0.25, -0.2) is 4.79 Å². The number of aromatic nitrogens is 1. The van der Waals surface area contributed by atoms with Crippen LogP contribution in [-0.4, -0.2) is 47.9 Å². The third-order valence-electron chi connectivity index (χ3n) is 6.09. The zero-order valence-electron chi connectivity index (χ0n) is 19.6. The normalized spacial score (nSPS) is 13.0. The first-order valence-electron chi connectivity index (χ1n) is 11.6. The Morgan fingerprint density at radius 3 is 2.53 bits per heavy atom. The van der Waals surface area contributed by atoms with Crippen LogP contribution < -0.4 is 5.32 Å². The summed E-state index contributed by atoms with van der Waals surface area (Å²) in [6, 6.07) is 14.9. The third-order valence-corrected chi connectivity index (χ3v) is 6.09. The molecule has 1 aliphatic carbocycles. The average molecular weight is 460 g/mol. The number of pyridine rings is 1. The first-order chi connectivity index (χ1) is 16.4. The summed E-state index contributed by atoms with van der Waals surface area (Å²) in [5.74, 6) is -1.30. The number of ether oxygens (including phenoxy) is 1. The highest BCUT2D eigenvalue weighted by Crippen LogP contribution is 2.29. The number of para-hydroxylation sites is 1. The van der Waals surface area contributed by atoms with Crippen LogP contribution in [0.25, 0.3) is 10.9 Å². The summed E-state index contributed by atoms with van der Waals surface area (Å²) in [5.41, 5.74) is 4.89. The van der Waals surface area contributed by atoms with Gasteiger partial charge in [0.1, 0.15) is 0 Å². The molecule has 7 heteroatoms. The van der Waals surface area contributed by atoms with Gasteiger partial charge in [-0.1, -0.05) is 42.3 Å². The summed E-state index contributed by atoms with van der Waals surface area (Å²) in [6.07, 6.45) is 4.73. The van der Waals surface area contributed by atoms with E-state index in [0.717, 1.165) is 59.8 Å². The van der Waals surface area contributed by atoms with E-state index in [-0.39, 0.29) is 12.5 Å². The van der Waals surface area contributed by atoms with Crippen LogP contribution in [0.15, 0.2) is 48.5 Å². The minimum Gasteiger partial charge on any atom is -0.452 e. The fourth-order valence-electron chi connectivity index (χ4n) is 4.23. The zero-order chi connectivity index (χ0) is 24.1. The van der Waals surface area contributed by atoms with Gasteiger partial charge in [-0.15, -0.1) is 0 Å². The number of rotatable bonds is 6. The first-order valence-corrected chi connectivity index (χ1v) is 11.6. The number of anilines is 1. The number of fused-ring (bicyclic) bond motifs is 2. The van der Waals surface area contributed by atoms with Gasteiger partial charge in [-0.3, -0.25) is 14.6 Å². The highest BCUT2D eigenvalue weighted by atomic mass is 16.5. The number of likely N-dealkylation sites (N-methyl/N-ethyl adjacent to an activating group) is 1. The minimum absolute atomic E-state index is 0.141. The van der Waals surface area contributed by atoms with Crippen molar-refractivity contribution in [1.82, 2.24) is 9.88 Å². The van der Waals surface area contributed by atoms with Gasteiger partial charge in [0.05, 0.1) is 17.6 Å². The van der Waals surface area contributed by atoms with Crippen LogP contribution in [0.5, 0.6) is 0 Å². The molecule has 2 amide bonds. The van der Waals surface area contributed by atoms with Gasteiger partial charge in [-0.05, 0) is 56.4 Å². The average Bonchev–Trinajstić information content (AvgIpc) is 3.07. The maximum Gasteiger partial charge on any atom is 0.339 e. The van der Waals surface area contributed by atoms with Crippen LogP contribution >= 0.6 is 0 Å². The standard InChI is InChI=1S/C27H29N3O4/c1-18-12-14-19(15-13-18)28-24(31)16-30(2)25(32)17-34-27(33)26-20-8-4-3-5-10-22(20)29-23-11-7-6-9-21(23)26/h6-7,9,11-15H,3-5,8,10,16-17H2,1-2H3,(H,28,31). The molecule has 4 rings (SSSR count). The van der Waals surface area contributed by atoms with Gasteiger partial charge in [0.25, 0.3) is 5.91 Å². The number of carbonyl (C=O) groups is 3. The Labute approximate surface area is 199 Å². The number of carbonyl (C=O) groups excluding carboxylic acids is 3. The van der Waals surface area contributed by atoms with Crippen LogP contribution in [0.3, 0.4) is 0 Å². The highest BCUT2D eigenvalue weighted by molar-refractivity contribution is 6.05. The molecule has 1 N–H and O–H groups in total. The summed E-state index contributed by atoms with van der Waals surface area (Å²) in [4.78, 5) is 44.1. The van der Waals surface area contributed by atoms with Crippen molar-refractivity contribution >= 4 is 34.4 Å². The molecule has 2 aromatic carbocycles. The van der Waals surface area contributed by atoms with Crippen molar-refractivity contribution in [1.29, 1.82) is 0 Å². The van der Waals surface area contributed by atoms with Crippen molar-refractivity contribution in [3.8, 4) is 0 Å². The smallest absolute Gasteiger partial charge is 0.339 e. The Balaban J connectivity index is 1.42. The van der Waals surface area contributed by atoms with Gasteiger partial charge in [0.2, 0.25) is 5.91 Å². The number of amides is 2. The molecule has 0 fully saturated rings. The highest BCUT2D eigenvalue weighted by Gasteiger charge is 2.24. The lowest BCUT2D eigenvalue weighted by Crippen LogP contribution is -2.37. The predicted octanol–water partition coefficient (Wildman–Crippen LogP) is 4.07. The van der Waals surface area contributed by atoms with E-state index in [1.165, 1.54) is 11.9 Å². The lowest BCUT2D eigenvalue weighted by Gasteiger charge is -2.18. The molecule has 1 aliphatic rings. The molecule has 1 heterocycles. The summed E-state index contributed by atoms with van der Waals surface area (Å²) in [6.45, 7) is 1.39. The monoisotopic (exact) mass is 459 g/mol. The number of aryl methyl sites for hydroxylation is 2. The quantitative estimate of drug-likeness (QED) is 0.444. The lowest BCUT2D eigenvalue weighted by atomic mass is 9.97. The molecule has 0 atom stereocenters. The number of benzene rings is 2. The first kappa shape index (κ1) is 23.4. The molecule has 0 bridgehead atoms. The summed E-state index contributed by atoms with van der Waals surface area (Å²) >= 11 is 0. The third kappa shape index (κ3) is 5.42. The Bertz CT molecular complexity index is 1220. The van der Waals surface area contributed by atoms with Crippen molar-refractivity contribution in [2.24, 2.45) is 0 Å². The molecule has 0 radical (unpaired) electrons. The zero-order valence-corrected chi connectivity index (χ0v) is 19.6. The maximum atomic E-state index is 13.2. The van der Waals surface area contributed by atoms with Gasteiger partial charge >= 0.3 is 5.97 Å². The van der Waals surface area contributed by atoms with E-state index in [0.29, 0.717) is 11.3 Å². The fourth-order valence-corrected chi connectivity index (χ4v) is 4.23. The second kappa shape index (κ2) is 10.5. The largest absolute Gasteiger partial charge is 0.452 e. The Hall–Kier alpha value is -3.74. The lowest BCUT2D eigenvalue weighted by molar-refractivity contribution is -0.136. The van der Waals surface area contributed by atoms with Crippen LogP contribution in [0, 0.1) is 6.92 Å². The van der Waals surface area contributed by atoms with Crippen molar-refractivity contribution in [3.05, 3.63) is 70.9 Å². The van der Waals surface area contributed by atoms with E-state index in [1.54, 1.807) is 12.1 Å². The molecule has 0 unspecified atom stereocenters. The Morgan fingerprint density at radius 1 is 1.00 bits per heavy atom. The second-order valence-electron chi connectivity index (χ2n) is 8.73. The van der Waals surface area contributed by atoms with Gasteiger partial charge in [0.15, 0.2) is 6.61 Å². The van der Waals surface area contributed by atoms with Crippen molar-refractivity contribution in [2.45, 2.75) is 39.0 Å². The minimum atomic E-state index is -0.525. The van der Waals surface area contributed by atoms with E-state index >= 15 is 0 Å². The van der Waals surface area contributed by atoms with Crippen LogP contribution in [0.1, 0.15) is 46.4 Å². The number of hydrogen-bond donors (Lipinski definition) is 1. The van der Waals surface area contributed by atoms with Crippen molar-refractivity contribution in [2.75, 3.05) is 25.5 Å². The number of esters is 1. The van der Waals surface area contributed by atoms with E-state index in [9.17, 15) is 14.4 Å². The topological polar surface area (TPSA) is 88.6 Å². The molecule has 3 aromatic rings. The molecule has 176 valence electrons. The van der Waals surface area contributed by atoms with Crippen molar-refractivity contribution < 1.29 is 19.1 Å². The molecule has 1 aromatic heterocycles. The van der Waals surface area contributed by atoms with Crippen LogP contribution in [0.4, 0.5) is 5.69 Å². The van der Waals surface area contributed by atoms with Crippen LogP contribution in [0.2, 0.25) is 0 Å². The van der Waals surface area contributed by atoms with E-state index in [2.05, 4.69) is 5.32 Å². The number of nitrogens with one attached hydrogen (secondary N) is 1.